The molecule has 10 aromatic rings. The van der Waals surface area contributed by atoms with E-state index in [2.05, 4.69) is 230 Å². The average Bonchev–Trinajstić information content (AvgIpc) is 4.00. The lowest BCUT2D eigenvalue weighted by Crippen LogP contribution is -2.61. The molecule has 0 atom stereocenters. The molecule has 5 heteroatoms. The lowest BCUT2D eigenvalue weighted by atomic mass is 9.45. The molecule has 2 aliphatic heterocycles. The number of hydrogen-bond donors (Lipinski definition) is 0. The molecule has 0 unspecified atom stereocenters. The molecule has 4 heterocycles. The second-order valence-electron chi connectivity index (χ2n) is 23.5. The highest BCUT2D eigenvalue weighted by atomic mass is 16.3. The Morgan fingerprint density at radius 1 is 0.486 bits per heavy atom. The molecule has 0 amide bonds. The molecule has 0 spiro atoms. The van der Waals surface area contributed by atoms with Gasteiger partial charge in [-0.1, -0.05) is 159 Å². The van der Waals surface area contributed by atoms with Gasteiger partial charge in [0.15, 0.2) is 5.58 Å². The fourth-order valence-electron chi connectivity index (χ4n) is 13.1. The Labute approximate surface area is 411 Å². The Kier molecular flexibility index (Phi) is 8.33. The minimum absolute atomic E-state index is 0.00596. The zero-order valence-corrected chi connectivity index (χ0v) is 41.7. The Balaban J connectivity index is 1.16. The third kappa shape index (κ3) is 5.66. The predicted molar refractivity (Wildman–Crippen MR) is 294 cm³/mol. The van der Waals surface area contributed by atoms with Crippen LogP contribution in [0.2, 0.25) is 0 Å². The second-order valence-corrected chi connectivity index (χ2v) is 23.5. The van der Waals surface area contributed by atoms with Crippen molar-refractivity contribution in [2.45, 2.75) is 96.8 Å². The van der Waals surface area contributed by atoms with Gasteiger partial charge in [-0.25, -0.2) is 0 Å². The zero-order valence-electron chi connectivity index (χ0n) is 41.7. The largest absolute Gasteiger partial charge is 0.466 e. The molecule has 0 saturated heterocycles. The smallest absolute Gasteiger partial charge is 0.376 e. The molecule has 0 saturated carbocycles. The highest BCUT2D eigenvalue weighted by Crippen LogP contribution is 2.58. The van der Waals surface area contributed by atoms with E-state index in [1.54, 1.807) is 0 Å². The van der Waals surface area contributed by atoms with Gasteiger partial charge in [0.2, 0.25) is 0 Å². The summed E-state index contributed by atoms with van der Waals surface area (Å²) in [5.41, 5.74) is 24.4. The van der Waals surface area contributed by atoms with Crippen molar-refractivity contribution in [2.75, 3.05) is 9.71 Å². The normalized spacial score (nSPS) is 16.8. The first-order chi connectivity index (χ1) is 33.6. The highest BCUT2D eigenvalue weighted by Gasteiger charge is 2.51. The quantitative estimate of drug-likeness (QED) is 0.165. The Morgan fingerprint density at radius 3 is 1.97 bits per heavy atom. The summed E-state index contributed by atoms with van der Waals surface area (Å²) < 4.78 is 14.9. The van der Waals surface area contributed by atoms with Crippen LogP contribution in [-0.4, -0.2) is 6.85 Å². The summed E-state index contributed by atoms with van der Waals surface area (Å²) in [5, 5.41) is 3.31. The number of rotatable bonds is 3. The van der Waals surface area contributed by atoms with Crippen LogP contribution in [0.1, 0.15) is 103 Å². The third-order valence-electron chi connectivity index (χ3n) is 17.1. The molecule has 0 fully saturated rings. The summed E-state index contributed by atoms with van der Waals surface area (Å²) in [6.07, 6.45) is 2.27. The van der Waals surface area contributed by atoms with Gasteiger partial charge in [-0.15, -0.1) is 0 Å². The van der Waals surface area contributed by atoms with E-state index < -0.39 is 0 Å². The van der Waals surface area contributed by atoms with E-state index >= 15 is 0 Å². The number of furan rings is 2. The first kappa shape index (κ1) is 41.7. The lowest BCUT2D eigenvalue weighted by molar-refractivity contribution is 0.332. The van der Waals surface area contributed by atoms with E-state index in [0.29, 0.717) is 0 Å². The van der Waals surface area contributed by atoms with Crippen LogP contribution in [0.4, 0.5) is 28.4 Å². The van der Waals surface area contributed by atoms with Gasteiger partial charge < -0.3 is 18.5 Å². The topological polar surface area (TPSA) is 32.8 Å². The molecular formula is C65H57BN2O2. The van der Waals surface area contributed by atoms with Gasteiger partial charge in [-0.3, -0.25) is 0 Å². The van der Waals surface area contributed by atoms with Crippen LogP contribution in [0, 0.1) is 0 Å². The van der Waals surface area contributed by atoms with E-state index in [4.69, 9.17) is 8.83 Å². The monoisotopic (exact) mass is 908 g/mol. The van der Waals surface area contributed by atoms with Crippen LogP contribution in [-0.2, 0) is 21.7 Å². The van der Waals surface area contributed by atoms with Crippen LogP contribution in [0.5, 0.6) is 0 Å². The Morgan fingerprint density at radius 2 is 1.19 bits per heavy atom. The van der Waals surface area contributed by atoms with Gasteiger partial charge >= 0.3 is 6.85 Å². The van der Waals surface area contributed by atoms with Crippen molar-refractivity contribution in [3.63, 3.8) is 0 Å². The SMILES string of the molecule is CC(C)(C)c1ccc(N2B3c4oc5ccc(-c6ccccc6)cc5c4N(c4ccc5c(c4)C(C)(C)CCC5(C)C)c4c3c(cc3c4oc4ccccc43)-c3cc4c(cc32)C(C)(C)c2ccccc2-4)cc1. The van der Waals surface area contributed by atoms with Crippen LogP contribution >= 0.6 is 0 Å². The van der Waals surface area contributed by atoms with Crippen molar-refractivity contribution >= 4 is 79.3 Å². The Bertz CT molecular complexity index is 3860. The summed E-state index contributed by atoms with van der Waals surface area (Å²) >= 11 is 0. The molecular weight excluding hydrogens is 852 g/mol. The fraction of sp³-hybridized carbons (Fsp3) is 0.231. The molecule has 0 N–H and O–H groups in total. The summed E-state index contributed by atoms with van der Waals surface area (Å²) in [7, 11) is 0. The van der Waals surface area contributed by atoms with Gasteiger partial charge in [0, 0.05) is 44.2 Å². The maximum atomic E-state index is 7.56. The van der Waals surface area contributed by atoms with Crippen LogP contribution in [0.15, 0.2) is 167 Å². The van der Waals surface area contributed by atoms with E-state index in [9.17, 15) is 0 Å². The molecule has 8 aromatic carbocycles. The van der Waals surface area contributed by atoms with Crippen LogP contribution in [0.3, 0.4) is 0 Å². The van der Waals surface area contributed by atoms with Gasteiger partial charge in [-0.05, 0) is 151 Å². The van der Waals surface area contributed by atoms with E-state index in [0.717, 1.165) is 79.7 Å². The van der Waals surface area contributed by atoms with Crippen LogP contribution < -0.4 is 20.8 Å². The number of nitrogens with zero attached hydrogens (tertiary/aromatic N) is 2. The van der Waals surface area contributed by atoms with Crippen molar-refractivity contribution in [2.24, 2.45) is 0 Å². The van der Waals surface area contributed by atoms with Gasteiger partial charge in [-0.2, -0.15) is 0 Å². The molecule has 4 aliphatic rings. The van der Waals surface area contributed by atoms with E-state index in [-0.39, 0.29) is 28.5 Å². The summed E-state index contributed by atoms with van der Waals surface area (Å²) in [5.74, 6) is 0. The summed E-state index contributed by atoms with van der Waals surface area (Å²) in [4.78, 5) is 5.15. The second kappa shape index (κ2) is 14.0. The molecule has 4 nitrogen and oxygen atoms in total. The fourth-order valence-corrected chi connectivity index (χ4v) is 13.1. The standard InChI is InChI=1S/C65H57BN2O2/c1-62(2,3)40-24-26-41(27-25-40)68-54-37-52-45(43-19-13-15-21-50(43)65(52,8)9)35-46(54)47-36-48-44-20-14-16-22-55(44)69-60(48)59-57(47)66(68)61-58(49-33-39(23-30-56(49)70-61)38-17-11-10-12-18-38)67(59)42-28-29-51-53(34-42)64(6,7)32-31-63(51,4)5/h10-30,33-37H,31-32H2,1-9H3. The molecule has 70 heavy (non-hydrogen) atoms. The van der Waals surface area contributed by atoms with Crippen LogP contribution in [0.25, 0.3) is 66.3 Å². The van der Waals surface area contributed by atoms with E-state index in [1.807, 2.05) is 0 Å². The van der Waals surface area contributed by atoms with Gasteiger partial charge in [0.05, 0.1) is 11.4 Å². The molecule has 14 rings (SSSR count). The zero-order chi connectivity index (χ0) is 47.8. The molecule has 2 aromatic heterocycles. The molecule has 0 radical (unpaired) electrons. The van der Waals surface area contributed by atoms with Crippen molar-refractivity contribution in [3.8, 4) is 33.4 Å². The number of hydrogen-bond acceptors (Lipinski definition) is 4. The van der Waals surface area contributed by atoms with Crippen molar-refractivity contribution < 1.29 is 8.83 Å². The van der Waals surface area contributed by atoms with Crippen molar-refractivity contribution in [1.29, 1.82) is 0 Å². The number of para-hydroxylation sites is 1. The first-order valence-electron chi connectivity index (χ1n) is 25.3. The third-order valence-corrected chi connectivity index (χ3v) is 17.1. The lowest BCUT2D eigenvalue weighted by Gasteiger charge is -2.45. The first-order valence-corrected chi connectivity index (χ1v) is 25.3. The number of fused-ring (bicyclic) bond motifs is 14. The minimum Gasteiger partial charge on any atom is -0.466 e. The maximum absolute atomic E-state index is 7.56. The molecule has 342 valence electrons. The number of benzene rings is 8. The number of anilines is 5. The summed E-state index contributed by atoms with van der Waals surface area (Å²) in [6, 6.07) is 59.3. The van der Waals surface area contributed by atoms with E-state index in [1.165, 1.54) is 66.8 Å². The Hall–Kier alpha value is -7.24. The van der Waals surface area contributed by atoms with Crippen molar-refractivity contribution in [3.05, 3.63) is 186 Å². The molecule has 0 bridgehead atoms. The van der Waals surface area contributed by atoms with Crippen molar-refractivity contribution in [1.82, 2.24) is 0 Å². The van der Waals surface area contributed by atoms with Gasteiger partial charge in [0.1, 0.15) is 16.8 Å². The molecule has 2 aliphatic carbocycles. The predicted octanol–water partition coefficient (Wildman–Crippen LogP) is 16.7. The minimum atomic E-state index is -0.340. The summed E-state index contributed by atoms with van der Waals surface area (Å²) in [6.45, 7) is 21.0. The average molecular weight is 909 g/mol. The maximum Gasteiger partial charge on any atom is 0.376 e. The van der Waals surface area contributed by atoms with Gasteiger partial charge in [0.25, 0.3) is 0 Å². The highest BCUT2D eigenvalue weighted by molar-refractivity contribution is 6.93.